The van der Waals surface area contributed by atoms with Crippen LogP contribution in [0.3, 0.4) is 0 Å². The van der Waals surface area contributed by atoms with E-state index in [1.807, 2.05) is 0 Å². The molecule has 1 unspecified atom stereocenters. The van der Waals surface area contributed by atoms with E-state index in [1.54, 1.807) is 0 Å². The van der Waals surface area contributed by atoms with Gasteiger partial charge in [0, 0.05) is 25.2 Å². The molecule has 1 heterocycles. The van der Waals surface area contributed by atoms with Crippen molar-refractivity contribution in [3.8, 4) is 0 Å². The standard InChI is InChI=1S/C16H30N2/c1-2-7-14(6-1)16-10-5-12-18(16)13-11-17-15-8-3-4-9-15/h14-17H,1-13H2. The summed E-state index contributed by atoms with van der Waals surface area (Å²) in [5, 5.41) is 3.78. The lowest BCUT2D eigenvalue weighted by Crippen LogP contribution is -2.40. The zero-order chi connectivity index (χ0) is 12.2. The number of likely N-dealkylation sites (tertiary alicyclic amines) is 1. The molecule has 2 aliphatic carbocycles. The lowest BCUT2D eigenvalue weighted by Gasteiger charge is -2.29. The third kappa shape index (κ3) is 3.08. The summed E-state index contributed by atoms with van der Waals surface area (Å²) in [6.07, 6.45) is 14.7. The van der Waals surface area contributed by atoms with Crippen molar-refractivity contribution in [3.63, 3.8) is 0 Å². The van der Waals surface area contributed by atoms with Crippen molar-refractivity contribution in [2.45, 2.75) is 76.3 Å². The monoisotopic (exact) mass is 250 g/mol. The summed E-state index contributed by atoms with van der Waals surface area (Å²) >= 11 is 0. The molecular weight excluding hydrogens is 220 g/mol. The summed E-state index contributed by atoms with van der Waals surface area (Å²) in [4.78, 5) is 2.80. The van der Waals surface area contributed by atoms with Crippen molar-refractivity contribution in [3.05, 3.63) is 0 Å². The summed E-state index contributed by atoms with van der Waals surface area (Å²) in [7, 11) is 0. The van der Waals surface area contributed by atoms with Gasteiger partial charge >= 0.3 is 0 Å². The predicted octanol–water partition coefficient (Wildman–Crippen LogP) is 3.17. The van der Waals surface area contributed by atoms with Crippen molar-refractivity contribution >= 4 is 0 Å². The summed E-state index contributed by atoms with van der Waals surface area (Å²) in [6, 6.07) is 1.79. The fourth-order valence-corrected chi connectivity index (χ4v) is 4.55. The van der Waals surface area contributed by atoms with Gasteiger partial charge in [-0.15, -0.1) is 0 Å². The third-order valence-corrected chi connectivity index (χ3v) is 5.55. The number of rotatable bonds is 5. The van der Waals surface area contributed by atoms with Crippen LogP contribution in [0.15, 0.2) is 0 Å². The lowest BCUT2D eigenvalue weighted by atomic mass is 9.96. The van der Waals surface area contributed by atoms with E-state index in [9.17, 15) is 0 Å². The zero-order valence-corrected chi connectivity index (χ0v) is 11.9. The number of nitrogens with one attached hydrogen (secondary N) is 1. The summed E-state index contributed by atoms with van der Waals surface area (Å²) in [5.74, 6) is 1.04. The highest BCUT2D eigenvalue weighted by atomic mass is 15.2. The van der Waals surface area contributed by atoms with Crippen molar-refractivity contribution < 1.29 is 0 Å². The van der Waals surface area contributed by atoms with Gasteiger partial charge in [0.2, 0.25) is 0 Å². The van der Waals surface area contributed by atoms with E-state index in [2.05, 4.69) is 10.2 Å². The molecule has 18 heavy (non-hydrogen) atoms. The van der Waals surface area contributed by atoms with E-state index in [1.165, 1.54) is 83.8 Å². The predicted molar refractivity (Wildman–Crippen MR) is 76.8 cm³/mol. The van der Waals surface area contributed by atoms with Crippen LogP contribution in [-0.2, 0) is 0 Å². The highest BCUT2D eigenvalue weighted by Crippen LogP contribution is 2.35. The largest absolute Gasteiger partial charge is 0.313 e. The van der Waals surface area contributed by atoms with Gasteiger partial charge < -0.3 is 5.32 Å². The van der Waals surface area contributed by atoms with Crippen LogP contribution in [0, 0.1) is 5.92 Å². The van der Waals surface area contributed by atoms with E-state index in [4.69, 9.17) is 0 Å². The van der Waals surface area contributed by atoms with Gasteiger partial charge in [0.25, 0.3) is 0 Å². The van der Waals surface area contributed by atoms with E-state index in [-0.39, 0.29) is 0 Å². The van der Waals surface area contributed by atoms with Crippen molar-refractivity contribution in [2.75, 3.05) is 19.6 Å². The number of nitrogens with zero attached hydrogens (tertiary/aromatic N) is 1. The highest BCUT2D eigenvalue weighted by Gasteiger charge is 2.32. The first-order valence-electron chi connectivity index (χ1n) is 8.41. The summed E-state index contributed by atoms with van der Waals surface area (Å²) in [5.41, 5.74) is 0. The molecule has 3 aliphatic rings. The Bertz CT molecular complexity index is 241. The molecule has 0 radical (unpaired) electrons. The highest BCUT2D eigenvalue weighted by molar-refractivity contribution is 4.88. The van der Waals surface area contributed by atoms with Gasteiger partial charge in [-0.3, -0.25) is 4.90 Å². The number of hydrogen-bond donors (Lipinski definition) is 1. The van der Waals surface area contributed by atoms with Crippen LogP contribution >= 0.6 is 0 Å². The van der Waals surface area contributed by atoms with Crippen LogP contribution in [0.1, 0.15) is 64.2 Å². The Labute approximate surface area is 113 Å². The minimum Gasteiger partial charge on any atom is -0.313 e. The molecule has 0 aromatic carbocycles. The molecule has 1 aliphatic heterocycles. The second kappa shape index (κ2) is 6.38. The Morgan fingerprint density at radius 3 is 2.33 bits per heavy atom. The second-order valence-corrected chi connectivity index (χ2v) is 6.73. The van der Waals surface area contributed by atoms with Crippen LogP contribution in [0.5, 0.6) is 0 Å². The minimum absolute atomic E-state index is 0.845. The fraction of sp³-hybridized carbons (Fsp3) is 1.00. The molecule has 0 spiro atoms. The van der Waals surface area contributed by atoms with E-state index in [0.717, 1.165) is 18.0 Å². The third-order valence-electron chi connectivity index (χ3n) is 5.55. The van der Waals surface area contributed by atoms with Gasteiger partial charge in [0.1, 0.15) is 0 Å². The van der Waals surface area contributed by atoms with Gasteiger partial charge in [-0.2, -0.15) is 0 Å². The maximum Gasteiger partial charge on any atom is 0.0124 e. The lowest BCUT2D eigenvalue weighted by molar-refractivity contribution is 0.189. The molecule has 2 saturated carbocycles. The average molecular weight is 250 g/mol. The van der Waals surface area contributed by atoms with E-state index >= 15 is 0 Å². The first-order valence-corrected chi connectivity index (χ1v) is 8.41. The normalized spacial score (nSPS) is 31.7. The summed E-state index contributed by atoms with van der Waals surface area (Å²) in [6.45, 7) is 3.90. The fourth-order valence-electron chi connectivity index (χ4n) is 4.55. The molecule has 3 rings (SSSR count). The molecule has 1 N–H and O–H groups in total. The molecule has 1 atom stereocenters. The van der Waals surface area contributed by atoms with E-state index < -0.39 is 0 Å². The Morgan fingerprint density at radius 2 is 1.56 bits per heavy atom. The second-order valence-electron chi connectivity index (χ2n) is 6.73. The smallest absolute Gasteiger partial charge is 0.0124 e. The Morgan fingerprint density at radius 1 is 0.833 bits per heavy atom. The van der Waals surface area contributed by atoms with Crippen LogP contribution in [0.25, 0.3) is 0 Å². The molecule has 0 aromatic rings. The average Bonchev–Trinajstić information content (AvgIpc) is 3.12. The van der Waals surface area contributed by atoms with Crippen molar-refractivity contribution in [1.29, 1.82) is 0 Å². The zero-order valence-electron chi connectivity index (χ0n) is 11.9. The van der Waals surface area contributed by atoms with Gasteiger partial charge in [0.05, 0.1) is 0 Å². The molecule has 2 nitrogen and oxygen atoms in total. The van der Waals surface area contributed by atoms with Crippen molar-refractivity contribution in [1.82, 2.24) is 10.2 Å². The van der Waals surface area contributed by atoms with E-state index in [0.29, 0.717) is 0 Å². The van der Waals surface area contributed by atoms with Crippen LogP contribution in [0.2, 0.25) is 0 Å². The first kappa shape index (κ1) is 12.9. The minimum atomic E-state index is 0.845. The van der Waals surface area contributed by atoms with Gasteiger partial charge in [-0.1, -0.05) is 25.7 Å². The first-order chi connectivity index (χ1) is 8.93. The van der Waals surface area contributed by atoms with Gasteiger partial charge in [-0.25, -0.2) is 0 Å². The molecule has 3 fully saturated rings. The molecule has 1 saturated heterocycles. The Kier molecular flexibility index (Phi) is 4.58. The SMILES string of the molecule is C1CCC(NCCN2CCCC2C2CCCC2)C1. The molecular formula is C16H30N2. The number of hydrogen-bond acceptors (Lipinski definition) is 2. The quantitative estimate of drug-likeness (QED) is 0.806. The van der Waals surface area contributed by atoms with Crippen LogP contribution < -0.4 is 5.32 Å². The van der Waals surface area contributed by atoms with Crippen molar-refractivity contribution in [2.24, 2.45) is 5.92 Å². The Hall–Kier alpha value is -0.0800. The molecule has 0 aromatic heterocycles. The Balaban J connectivity index is 1.40. The molecule has 104 valence electrons. The van der Waals surface area contributed by atoms with Gasteiger partial charge in [0.15, 0.2) is 0 Å². The van der Waals surface area contributed by atoms with Gasteiger partial charge in [-0.05, 0) is 51.0 Å². The van der Waals surface area contributed by atoms with Crippen LogP contribution in [-0.4, -0.2) is 36.6 Å². The topological polar surface area (TPSA) is 15.3 Å². The maximum atomic E-state index is 3.78. The maximum absolute atomic E-state index is 3.78. The summed E-state index contributed by atoms with van der Waals surface area (Å²) < 4.78 is 0. The molecule has 0 amide bonds. The molecule has 0 bridgehead atoms. The van der Waals surface area contributed by atoms with Crippen LogP contribution in [0.4, 0.5) is 0 Å². The molecule has 2 heteroatoms.